The molecule has 6 heteroatoms. The van der Waals surface area contributed by atoms with Gasteiger partial charge in [-0.2, -0.15) is 10.4 Å². The van der Waals surface area contributed by atoms with Gasteiger partial charge in [-0.15, -0.1) is 0 Å². The van der Waals surface area contributed by atoms with E-state index in [0.717, 1.165) is 0 Å². The third kappa shape index (κ3) is 2.35. The van der Waals surface area contributed by atoms with Crippen LogP contribution in [0.15, 0.2) is 29.4 Å². The van der Waals surface area contributed by atoms with Gasteiger partial charge in [0.05, 0.1) is 35.9 Å². The first-order valence-electron chi connectivity index (χ1n) is 5.21. The van der Waals surface area contributed by atoms with Gasteiger partial charge in [0.2, 0.25) is 0 Å². The van der Waals surface area contributed by atoms with E-state index in [4.69, 9.17) is 10.4 Å². The Bertz CT molecular complexity index is 569. The van der Waals surface area contributed by atoms with Gasteiger partial charge in [-0.1, -0.05) is 0 Å². The Morgan fingerprint density at radius 1 is 1.44 bits per heavy atom. The zero-order valence-corrected chi connectivity index (χ0v) is 9.33. The molecule has 0 radical (unpaired) electrons. The maximum absolute atomic E-state index is 11.7. The van der Waals surface area contributed by atoms with Crippen molar-refractivity contribution < 1.29 is 14.7 Å². The van der Waals surface area contributed by atoms with E-state index in [9.17, 15) is 9.59 Å². The third-order valence-electron chi connectivity index (χ3n) is 2.43. The molecule has 0 saturated carbocycles. The summed E-state index contributed by atoms with van der Waals surface area (Å²) >= 11 is 0. The fourth-order valence-electron chi connectivity index (χ4n) is 1.63. The second-order valence-electron chi connectivity index (χ2n) is 3.78. The van der Waals surface area contributed by atoms with Crippen LogP contribution >= 0.6 is 0 Å². The molecule has 0 unspecified atom stereocenters. The van der Waals surface area contributed by atoms with E-state index in [1.807, 2.05) is 6.07 Å². The molecule has 1 aliphatic heterocycles. The molecule has 0 fully saturated rings. The van der Waals surface area contributed by atoms with Gasteiger partial charge in [-0.3, -0.25) is 9.59 Å². The molecule has 0 bridgehead atoms. The highest BCUT2D eigenvalue weighted by Crippen LogP contribution is 2.21. The van der Waals surface area contributed by atoms with E-state index in [-0.39, 0.29) is 18.7 Å². The van der Waals surface area contributed by atoms with E-state index in [1.54, 1.807) is 24.3 Å². The number of hydrogen-bond acceptors (Lipinski definition) is 4. The van der Waals surface area contributed by atoms with Crippen molar-refractivity contribution in [2.24, 2.45) is 5.10 Å². The van der Waals surface area contributed by atoms with Gasteiger partial charge >= 0.3 is 5.97 Å². The van der Waals surface area contributed by atoms with Crippen LogP contribution in [-0.2, 0) is 9.59 Å². The molecule has 1 heterocycles. The number of hydrazone groups is 1. The molecule has 0 saturated heterocycles. The number of rotatable bonds is 3. The van der Waals surface area contributed by atoms with Gasteiger partial charge in [0, 0.05) is 0 Å². The van der Waals surface area contributed by atoms with E-state index in [0.29, 0.717) is 17.0 Å². The lowest BCUT2D eigenvalue weighted by atomic mass is 10.2. The Hall–Kier alpha value is -2.68. The Kier molecular flexibility index (Phi) is 3.06. The number of carbonyl (C=O) groups excluding carboxylic acids is 1. The number of anilines is 1. The van der Waals surface area contributed by atoms with Crippen LogP contribution in [0.2, 0.25) is 0 Å². The molecule has 0 aromatic heterocycles. The summed E-state index contributed by atoms with van der Waals surface area (Å²) < 4.78 is 0. The molecular weight excluding hydrogens is 234 g/mol. The Morgan fingerprint density at radius 2 is 2.11 bits per heavy atom. The van der Waals surface area contributed by atoms with Crippen LogP contribution < -0.4 is 5.01 Å². The summed E-state index contributed by atoms with van der Waals surface area (Å²) in [5.74, 6) is -1.28. The molecule has 1 aromatic carbocycles. The number of hydrogen-bond donors (Lipinski definition) is 1. The van der Waals surface area contributed by atoms with Gasteiger partial charge < -0.3 is 5.11 Å². The minimum Gasteiger partial charge on any atom is -0.481 e. The predicted octanol–water partition coefficient (Wildman–Crippen LogP) is 1.13. The number of benzene rings is 1. The number of nitrogens with zero attached hydrogens (tertiary/aromatic N) is 3. The summed E-state index contributed by atoms with van der Waals surface area (Å²) in [5.41, 5.74) is 1.34. The summed E-state index contributed by atoms with van der Waals surface area (Å²) in [5, 5.41) is 22.4. The molecule has 18 heavy (non-hydrogen) atoms. The predicted molar refractivity (Wildman–Crippen MR) is 62.9 cm³/mol. The fourth-order valence-corrected chi connectivity index (χ4v) is 1.63. The van der Waals surface area contributed by atoms with Crippen molar-refractivity contribution in [3.8, 4) is 6.07 Å². The number of aliphatic carboxylic acids is 1. The first-order chi connectivity index (χ1) is 8.60. The highest BCUT2D eigenvalue weighted by atomic mass is 16.4. The van der Waals surface area contributed by atoms with Crippen molar-refractivity contribution in [2.45, 2.75) is 12.8 Å². The van der Waals surface area contributed by atoms with Crippen LogP contribution in [0.3, 0.4) is 0 Å². The van der Waals surface area contributed by atoms with Crippen molar-refractivity contribution in [3.63, 3.8) is 0 Å². The highest BCUT2D eigenvalue weighted by molar-refractivity contribution is 6.16. The van der Waals surface area contributed by atoms with Crippen molar-refractivity contribution in [1.29, 1.82) is 5.26 Å². The molecule has 1 aliphatic rings. The van der Waals surface area contributed by atoms with Gasteiger partial charge in [0.1, 0.15) is 0 Å². The zero-order chi connectivity index (χ0) is 13.1. The van der Waals surface area contributed by atoms with Crippen LogP contribution in [0.1, 0.15) is 18.4 Å². The molecule has 1 aromatic rings. The maximum Gasteiger partial charge on any atom is 0.309 e. The van der Waals surface area contributed by atoms with Crippen molar-refractivity contribution >= 4 is 23.3 Å². The minimum absolute atomic E-state index is 0.0201. The lowest BCUT2D eigenvalue weighted by Crippen LogP contribution is -2.19. The van der Waals surface area contributed by atoms with Gasteiger partial charge in [0.25, 0.3) is 5.91 Å². The lowest BCUT2D eigenvalue weighted by Gasteiger charge is -2.10. The van der Waals surface area contributed by atoms with Crippen LogP contribution in [0.25, 0.3) is 0 Å². The fraction of sp³-hybridized carbons (Fsp3) is 0.167. The van der Waals surface area contributed by atoms with Crippen molar-refractivity contribution in [2.75, 3.05) is 5.01 Å². The molecule has 0 atom stereocenters. The minimum atomic E-state index is -1.01. The number of nitriles is 1. The first-order valence-corrected chi connectivity index (χ1v) is 5.21. The number of carbonyl (C=O) groups is 2. The van der Waals surface area contributed by atoms with Gasteiger partial charge in [0.15, 0.2) is 0 Å². The SMILES string of the molecule is N#Cc1ccc(N2N=C(CC(=O)O)CC2=O)cc1. The van der Waals surface area contributed by atoms with Crippen molar-refractivity contribution in [1.82, 2.24) is 0 Å². The van der Waals surface area contributed by atoms with E-state index < -0.39 is 5.97 Å². The summed E-state index contributed by atoms with van der Waals surface area (Å²) in [7, 11) is 0. The first kappa shape index (κ1) is 11.8. The molecule has 1 amide bonds. The molecule has 6 nitrogen and oxygen atoms in total. The Morgan fingerprint density at radius 3 is 2.67 bits per heavy atom. The highest BCUT2D eigenvalue weighted by Gasteiger charge is 2.26. The summed E-state index contributed by atoms with van der Waals surface area (Å²) in [4.78, 5) is 22.2. The monoisotopic (exact) mass is 243 g/mol. The number of carboxylic acids is 1. The van der Waals surface area contributed by atoms with Gasteiger partial charge in [-0.25, -0.2) is 5.01 Å². The Balaban J connectivity index is 2.22. The average Bonchev–Trinajstić information content (AvgIpc) is 2.69. The smallest absolute Gasteiger partial charge is 0.309 e. The maximum atomic E-state index is 11.7. The summed E-state index contributed by atoms with van der Waals surface area (Å²) in [6.45, 7) is 0. The van der Waals surface area contributed by atoms with E-state index in [1.165, 1.54) is 5.01 Å². The molecule has 1 N–H and O–H groups in total. The van der Waals surface area contributed by atoms with Crippen LogP contribution in [0, 0.1) is 11.3 Å². The number of amides is 1. The standard InChI is InChI=1S/C12H9N3O3/c13-7-8-1-3-10(4-2-8)15-11(16)5-9(14-15)6-12(17)18/h1-4H,5-6H2,(H,17,18). The van der Waals surface area contributed by atoms with E-state index in [2.05, 4.69) is 5.10 Å². The van der Waals surface area contributed by atoms with Gasteiger partial charge in [-0.05, 0) is 24.3 Å². The molecule has 2 rings (SSSR count). The lowest BCUT2D eigenvalue weighted by molar-refractivity contribution is -0.135. The zero-order valence-electron chi connectivity index (χ0n) is 9.33. The molecular formula is C12H9N3O3. The number of carboxylic acid groups (broad SMARTS) is 1. The van der Waals surface area contributed by atoms with Crippen LogP contribution in [-0.4, -0.2) is 22.7 Å². The molecule has 90 valence electrons. The molecule has 0 spiro atoms. The second-order valence-corrected chi connectivity index (χ2v) is 3.78. The summed E-state index contributed by atoms with van der Waals surface area (Å²) in [6.07, 6.45) is -0.217. The average molecular weight is 243 g/mol. The van der Waals surface area contributed by atoms with Crippen molar-refractivity contribution in [3.05, 3.63) is 29.8 Å². The topological polar surface area (TPSA) is 93.8 Å². The normalized spacial score (nSPS) is 14.3. The van der Waals surface area contributed by atoms with E-state index >= 15 is 0 Å². The van der Waals surface area contributed by atoms with Crippen LogP contribution in [0.4, 0.5) is 5.69 Å². The summed E-state index contributed by atoms with van der Waals surface area (Å²) in [6, 6.07) is 8.33. The quantitative estimate of drug-likeness (QED) is 0.860. The van der Waals surface area contributed by atoms with Crippen LogP contribution in [0.5, 0.6) is 0 Å². The largest absolute Gasteiger partial charge is 0.481 e. The molecule has 0 aliphatic carbocycles. The Labute approximate surface area is 103 Å². The second kappa shape index (κ2) is 4.67. The third-order valence-corrected chi connectivity index (χ3v) is 2.43.